The number of amides is 2. The van der Waals surface area contributed by atoms with Crippen LogP contribution in [0.3, 0.4) is 0 Å². The lowest BCUT2D eigenvalue weighted by atomic mass is 10.1. The third kappa shape index (κ3) is 3.17. The Morgan fingerprint density at radius 2 is 2.00 bits per heavy atom. The van der Waals surface area contributed by atoms with Crippen LogP contribution in [0.4, 0.5) is 0 Å². The average Bonchev–Trinajstić information content (AvgIpc) is 3.30. The van der Waals surface area contributed by atoms with E-state index in [2.05, 4.69) is 15.1 Å². The van der Waals surface area contributed by atoms with Gasteiger partial charge in [0.15, 0.2) is 0 Å². The lowest BCUT2D eigenvalue weighted by Crippen LogP contribution is -2.36. The summed E-state index contributed by atoms with van der Waals surface area (Å²) in [5.41, 5.74) is 9.92. The molecule has 8 nitrogen and oxygen atoms in total. The molecule has 28 heavy (non-hydrogen) atoms. The monoisotopic (exact) mass is 378 g/mol. The molecule has 0 saturated heterocycles. The zero-order chi connectivity index (χ0) is 19.8. The van der Waals surface area contributed by atoms with E-state index in [-0.39, 0.29) is 5.91 Å². The predicted molar refractivity (Wildman–Crippen MR) is 104 cm³/mol. The summed E-state index contributed by atoms with van der Waals surface area (Å²) in [4.78, 5) is 34.0. The molecule has 4 rings (SSSR count). The van der Waals surface area contributed by atoms with Crippen LogP contribution in [0.5, 0.6) is 0 Å². The van der Waals surface area contributed by atoms with E-state index in [9.17, 15) is 9.59 Å². The highest BCUT2D eigenvalue weighted by atomic mass is 16.2. The van der Waals surface area contributed by atoms with Crippen molar-refractivity contribution in [1.29, 1.82) is 0 Å². The number of primary amides is 1. The number of nitrogens with two attached hydrogens (primary N) is 1. The summed E-state index contributed by atoms with van der Waals surface area (Å²) in [5, 5.41) is 4.37. The summed E-state index contributed by atoms with van der Waals surface area (Å²) in [7, 11) is 0. The van der Waals surface area contributed by atoms with Gasteiger partial charge in [0, 0.05) is 36.8 Å². The number of benzene rings is 1. The van der Waals surface area contributed by atoms with E-state index >= 15 is 0 Å². The lowest BCUT2D eigenvalue weighted by molar-refractivity contribution is 0.0731. The molecule has 3 heterocycles. The van der Waals surface area contributed by atoms with E-state index in [1.807, 2.05) is 37.1 Å². The first-order valence-electron chi connectivity index (χ1n) is 9.27. The maximum absolute atomic E-state index is 12.9. The Kier molecular flexibility index (Phi) is 4.46. The molecule has 0 saturated carbocycles. The fraction of sp³-hybridized carbons (Fsp3) is 0.300. The van der Waals surface area contributed by atoms with Crippen molar-refractivity contribution in [3.05, 3.63) is 58.7 Å². The van der Waals surface area contributed by atoms with Crippen molar-refractivity contribution in [3.63, 3.8) is 0 Å². The molecule has 3 N–H and O–H groups in total. The van der Waals surface area contributed by atoms with Gasteiger partial charge in [0.1, 0.15) is 5.82 Å². The molecule has 0 unspecified atom stereocenters. The molecular formula is C20H22N6O2. The van der Waals surface area contributed by atoms with Crippen LogP contribution < -0.4 is 5.73 Å². The maximum atomic E-state index is 12.9. The average molecular weight is 378 g/mol. The minimum atomic E-state index is -0.457. The number of rotatable bonds is 4. The summed E-state index contributed by atoms with van der Waals surface area (Å²) in [6.07, 6.45) is 2.50. The van der Waals surface area contributed by atoms with Crippen LogP contribution in [0, 0.1) is 6.92 Å². The van der Waals surface area contributed by atoms with E-state index in [0.717, 1.165) is 35.0 Å². The largest absolute Gasteiger partial charge is 0.366 e. The molecule has 0 atom stereocenters. The molecule has 1 aliphatic rings. The Hall–Kier alpha value is -3.42. The highest BCUT2D eigenvalue weighted by molar-refractivity contribution is 5.95. The highest BCUT2D eigenvalue weighted by Gasteiger charge is 2.26. The second-order valence-electron chi connectivity index (χ2n) is 6.91. The number of imidazole rings is 1. The number of fused-ring (bicyclic) bond motifs is 1. The SMILES string of the molecule is CCn1cc(C(=O)N2CCc3nc(-c4ccc(C(N)=O)cc4)[nH]c3C2)c(C)n1. The summed E-state index contributed by atoms with van der Waals surface area (Å²) in [6.45, 7) is 5.69. The van der Waals surface area contributed by atoms with E-state index < -0.39 is 5.91 Å². The van der Waals surface area contributed by atoms with E-state index in [4.69, 9.17) is 5.73 Å². The number of aromatic nitrogens is 4. The standard InChI is InChI=1S/C20H22N6O2/c1-3-26-10-15(12(2)24-26)20(28)25-9-8-16-17(11-25)23-19(22-16)14-6-4-13(5-7-14)18(21)27/h4-7,10H,3,8-9,11H2,1-2H3,(H2,21,27)(H,22,23). The molecule has 0 aliphatic carbocycles. The molecule has 0 spiro atoms. The predicted octanol–water partition coefficient (Wildman–Crippen LogP) is 1.90. The van der Waals surface area contributed by atoms with Crippen LogP contribution in [-0.2, 0) is 19.5 Å². The number of nitrogens with zero attached hydrogens (tertiary/aromatic N) is 4. The Bertz CT molecular complexity index is 1050. The number of hydrogen-bond donors (Lipinski definition) is 2. The van der Waals surface area contributed by atoms with E-state index in [1.54, 1.807) is 16.8 Å². The summed E-state index contributed by atoms with van der Waals surface area (Å²) in [5.74, 6) is 0.260. The van der Waals surface area contributed by atoms with Crippen LogP contribution in [0.15, 0.2) is 30.5 Å². The molecule has 2 amide bonds. The summed E-state index contributed by atoms with van der Waals surface area (Å²) < 4.78 is 1.78. The van der Waals surface area contributed by atoms with Gasteiger partial charge in [-0.05, 0) is 26.0 Å². The van der Waals surface area contributed by atoms with Crippen molar-refractivity contribution in [2.45, 2.75) is 33.4 Å². The van der Waals surface area contributed by atoms with Gasteiger partial charge in [-0.1, -0.05) is 12.1 Å². The third-order valence-electron chi connectivity index (χ3n) is 5.06. The number of aryl methyl sites for hydroxylation is 2. The quantitative estimate of drug-likeness (QED) is 0.722. The molecule has 8 heteroatoms. The van der Waals surface area contributed by atoms with Crippen LogP contribution in [0.25, 0.3) is 11.4 Å². The molecule has 0 radical (unpaired) electrons. The normalized spacial score (nSPS) is 13.4. The molecule has 1 aliphatic heterocycles. The van der Waals surface area contributed by atoms with Gasteiger partial charge in [-0.25, -0.2) is 4.98 Å². The minimum Gasteiger partial charge on any atom is -0.366 e. The Labute approximate surface area is 162 Å². The van der Waals surface area contributed by atoms with Crippen molar-refractivity contribution in [1.82, 2.24) is 24.6 Å². The number of H-pyrrole nitrogens is 1. The van der Waals surface area contributed by atoms with Crippen LogP contribution in [0.2, 0.25) is 0 Å². The first-order valence-corrected chi connectivity index (χ1v) is 9.27. The zero-order valence-electron chi connectivity index (χ0n) is 15.9. The first-order chi connectivity index (χ1) is 13.5. The highest BCUT2D eigenvalue weighted by Crippen LogP contribution is 2.24. The van der Waals surface area contributed by atoms with Gasteiger partial charge >= 0.3 is 0 Å². The van der Waals surface area contributed by atoms with Crippen LogP contribution in [0.1, 0.15) is 44.7 Å². The Balaban J connectivity index is 1.55. The van der Waals surface area contributed by atoms with Gasteiger partial charge in [0.05, 0.1) is 29.2 Å². The van der Waals surface area contributed by atoms with E-state index in [0.29, 0.717) is 30.6 Å². The topological polar surface area (TPSA) is 110 Å². The molecule has 0 fully saturated rings. The number of aromatic amines is 1. The molecule has 3 aromatic rings. The van der Waals surface area contributed by atoms with Gasteiger partial charge in [-0.2, -0.15) is 5.10 Å². The zero-order valence-corrected chi connectivity index (χ0v) is 15.9. The van der Waals surface area contributed by atoms with Crippen LogP contribution in [-0.4, -0.2) is 43.0 Å². The number of carbonyl (C=O) groups excluding carboxylic acids is 2. The van der Waals surface area contributed by atoms with Gasteiger partial charge in [0.2, 0.25) is 5.91 Å². The molecule has 1 aromatic carbocycles. The van der Waals surface area contributed by atoms with Gasteiger partial charge in [-0.3, -0.25) is 14.3 Å². The third-order valence-corrected chi connectivity index (χ3v) is 5.06. The summed E-state index contributed by atoms with van der Waals surface area (Å²) >= 11 is 0. The van der Waals surface area contributed by atoms with Crippen molar-refractivity contribution in [2.24, 2.45) is 5.73 Å². The van der Waals surface area contributed by atoms with Crippen molar-refractivity contribution in [3.8, 4) is 11.4 Å². The Morgan fingerprint density at radius 3 is 2.64 bits per heavy atom. The van der Waals surface area contributed by atoms with Crippen molar-refractivity contribution >= 4 is 11.8 Å². The number of hydrogen-bond acceptors (Lipinski definition) is 4. The fourth-order valence-electron chi connectivity index (χ4n) is 3.46. The van der Waals surface area contributed by atoms with Crippen molar-refractivity contribution < 1.29 is 9.59 Å². The van der Waals surface area contributed by atoms with E-state index in [1.165, 1.54) is 0 Å². The Morgan fingerprint density at radius 1 is 1.25 bits per heavy atom. The fourth-order valence-corrected chi connectivity index (χ4v) is 3.46. The summed E-state index contributed by atoms with van der Waals surface area (Å²) in [6, 6.07) is 7.00. The second kappa shape index (κ2) is 6.95. The molecule has 144 valence electrons. The molecular weight excluding hydrogens is 356 g/mol. The number of carbonyl (C=O) groups is 2. The minimum absolute atomic E-state index is 0.00943. The molecule has 2 aromatic heterocycles. The van der Waals surface area contributed by atoms with Gasteiger partial charge < -0.3 is 15.6 Å². The van der Waals surface area contributed by atoms with Crippen molar-refractivity contribution in [2.75, 3.05) is 6.54 Å². The lowest BCUT2D eigenvalue weighted by Gasteiger charge is -2.26. The van der Waals surface area contributed by atoms with Gasteiger partial charge in [-0.15, -0.1) is 0 Å². The number of nitrogens with one attached hydrogen (secondary N) is 1. The van der Waals surface area contributed by atoms with Gasteiger partial charge in [0.25, 0.3) is 5.91 Å². The molecule has 0 bridgehead atoms. The van der Waals surface area contributed by atoms with Crippen LogP contribution >= 0.6 is 0 Å². The second-order valence-corrected chi connectivity index (χ2v) is 6.91. The first kappa shape index (κ1) is 18.0. The smallest absolute Gasteiger partial charge is 0.257 e. The maximum Gasteiger partial charge on any atom is 0.257 e.